The lowest BCUT2D eigenvalue weighted by atomic mass is 10.0. The highest BCUT2D eigenvalue weighted by Crippen LogP contribution is 2.18. The number of hydrogen-bond acceptors (Lipinski definition) is 8. The van der Waals surface area contributed by atoms with Gasteiger partial charge in [-0.05, 0) is 76.5 Å². The van der Waals surface area contributed by atoms with Gasteiger partial charge in [-0.2, -0.15) is 0 Å². The fourth-order valence-corrected chi connectivity index (χ4v) is 5.32. The van der Waals surface area contributed by atoms with Crippen LogP contribution in [0.2, 0.25) is 0 Å². The molecule has 0 fully saturated rings. The molecule has 0 aromatic rings. The van der Waals surface area contributed by atoms with Gasteiger partial charge in [0, 0.05) is 26.9 Å². The fraction of sp³-hybridized carbons (Fsp3) is 0.780. The maximum atomic E-state index is 12.3. The molecule has 284 valence electrons. The molecule has 8 nitrogen and oxygen atoms in total. The second-order valence-corrected chi connectivity index (χ2v) is 13.3. The number of allylic oxidation sites excluding steroid dienone is 2. The molecule has 0 amide bonds. The highest BCUT2D eigenvalue weighted by molar-refractivity contribution is 5.69. The third-order valence-electron chi connectivity index (χ3n) is 8.24. The number of ether oxygens (including phenoxy) is 4. The first-order chi connectivity index (χ1) is 23.9. The standard InChI is InChI=1S/C41H73NO7/c1-5-7-9-11-13-21-27-35-46-39(43)32-25-19-15-17-23-30-38(49-41(45)48-37-29-34-42(3)4)31-24-18-16-20-26-33-40(44)47-36-28-22-14-12-10-8-6-2/h21-22,27-29,34,38H,5-20,23-26,30-33,35-37H2,1-4H3/b27-21-,28-22-,34-29+. The van der Waals surface area contributed by atoms with Crippen molar-refractivity contribution in [3.05, 3.63) is 36.6 Å². The van der Waals surface area contributed by atoms with Crippen molar-refractivity contribution >= 4 is 18.1 Å². The molecule has 49 heavy (non-hydrogen) atoms. The highest BCUT2D eigenvalue weighted by Gasteiger charge is 2.15. The van der Waals surface area contributed by atoms with Crippen LogP contribution in [0.15, 0.2) is 36.6 Å². The number of rotatable bonds is 34. The molecule has 0 aliphatic heterocycles. The molecule has 0 aliphatic rings. The van der Waals surface area contributed by atoms with E-state index in [0.29, 0.717) is 26.1 Å². The van der Waals surface area contributed by atoms with Gasteiger partial charge in [0.2, 0.25) is 0 Å². The van der Waals surface area contributed by atoms with Crippen LogP contribution in [0, 0.1) is 0 Å². The van der Waals surface area contributed by atoms with Crippen LogP contribution in [0.25, 0.3) is 0 Å². The summed E-state index contributed by atoms with van der Waals surface area (Å²) in [6.45, 7) is 5.34. The van der Waals surface area contributed by atoms with Crippen molar-refractivity contribution in [2.24, 2.45) is 0 Å². The molecule has 0 saturated carbocycles. The quantitative estimate of drug-likeness (QED) is 0.0285. The van der Waals surface area contributed by atoms with Crippen LogP contribution in [0.3, 0.4) is 0 Å². The van der Waals surface area contributed by atoms with Gasteiger partial charge in [0.1, 0.15) is 25.9 Å². The predicted molar refractivity (Wildman–Crippen MR) is 201 cm³/mol. The van der Waals surface area contributed by atoms with Crippen molar-refractivity contribution < 1.29 is 33.3 Å². The summed E-state index contributed by atoms with van der Waals surface area (Å²) in [5, 5.41) is 0. The summed E-state index contributed by atoms with van der Waals surface area (Å²) in [4.78, 5) is 38.2. The van der Waals surface area contributed by atoms with E-state index in [1.165, 1.54) is 51.4 Å². The summed E-state index contributed by atoms with van der Waals surface area (Å²) < 4.78 is 21.5. The van der Waals surface area contributed by atoms with Crippen LogP contribution in [-0.2, 0) is 28.5 Å². The van der Waals surface area contributed by atoms with E-state index >= 15 is 0 Å². The molecule has 0 radical (unpaired) electrons. The fourth-order valence-electron chi connectivity index (χ4n) is 5.32. The van der Waals surface area contributed by atoms with Gasteiger partial charge in [-0.3, -0.25) is 9.59 Å². The maximum absolute atomic E-state index is 12.3. The number of unbranched alkanes of at least 4 members (excludes halogenated alkanes) is 16. The van der Waals surface area contributed by atoms with Gasteiger partial charge in [0.05, 0.1) is 0 Å². The lowest BCUT2D eigenvalue weighted by molar-refractivity contribution is -0.143. The molecule has 0 N–H and O–H groups in total. The minimum atomic E-state index is -0.622. The second kappa shape index (κ2) is 36.5. The SMILES string of the molecule is CCCCCC/C=C\COC(=O)CCCCCCCC(CCCCCCCC(=O)OC/C=C\CCCCCC)OC(=O)OC/C=C/N(C)C. The van der Waals surface area contributed by atoms with Crippen LogP contribution in [0.1, 0.15) is 168 Å². The van der Waals surface area contributed by atoms with E-state index in [1.807, 2.05) is 37.3 Å². The Balaban J connectivity index is 4.18. The summed E-state index contributed by atoms with van der Waals surface area (Å²) >= 11 is 0. The van der Waals surface area contributed by atoms with Crippen LogP contribution in [-0.4, -0.2) is 63.0 Å². The number of carbonyl (C=O) groups is 3. The van der Waals surface area contributed by atoms with E-state index in [0.717, 1.165) is 89.9 Å². The zero-order valence-electron chi connectivity index (χ0n) is 31.9. The molecule has 8 heteroatoms. The van der Waals surface area contributed by atoms with E-state index in [4.69, 9.17) is 18.9 Å². The number of carbonyl (C=O) groups excluding carboxylic acids is 3. The molecular weight excluding hydrogens is 618 g/mol. The Morgan fingerprint density at radius 1 is 0.510 bits per heavy atom. The number of hydrogen-bond donors (Lipinski definition) is 0. The lowest BCUT2D eigenvalue weighted by Gasteiger charge is -2.17. The van der Waals surface area contributed by atoms with Crippen molar-refractivity contribution in [3.63, 3.8) is 0 Å². The summed E-state index contributed by atoms with van der Waals surface area (Å²) in [6.07, 6.45) is 35.2. The van der Waals surface area contributed by atoms with Crippen molar-refractivity contribution in [1.82, 2.24) is 4.90 Å². The van der Waals surface area contributed by atoms with Crippen LogP contribution >= 0.6 is 0 Å². The van der Waals surface area contributed by atoms with Gasteiger partial charge in [-0.15, -0.1) is 0 Å². The monoisotopic (exact) mass is 692 g/mol. The van der Waals surface area contributed by atoms with E-state index in [-0.39, 0.29) is 24.6 Å². The molecule has 0 bridgehead atoms. The molecule has 0 atom stereocenters. The summed E-state index contributed by atoms with van der Waals surface area (Å²) in [5.74, 6) is -0.251. The van der Waals surface area contributed by atoms with E-state index in [2.05, 4.69) is 26.0 Å². The maximum Gasteiger partial charge on any atom is 0.508 e. The van der Waals surface area contributed by atoms with Crippen molar-refractivity contribution in [2.45, 2.75) is 174 Å². The molecule has 0 rings (SSSR count). The lowest BCUT2D eigenvalue weighted by Crippen LogP contribution is -2.19. The molecule has 0 saturated heterocycles. The van der Waals surface area contributed by atoms with Gasteiger partial charge in [-0.1, -0.05) is 115 Å². The third-order valence-corrected chi connectivity index (χ3v) is 8.24. The Bertz CT molecular complexity index is 816. The van der Waals surface area contributed by atoms with Crippen LogP contribution in [0.4, 0.5) is 4.79 Å². The zero-order valence-corrected chi connectivity index (χ0v) is 31.9. The van der Waals surface area contributed by atoms with E-state index in [9.17, 15) is 14.4 Å². The smallest absolute Gasteiger partial charge is 0.461 e. The molecule has 0 aliphatic carbocycles. The molecular formula is C41H73NO7. The third kappa shape index (κ3) is 36.3. The molecule has 0 aromatic heterocycles. The Hall–Kier alpha value is -2.77. The van der Waals surface area contributed by atoms with Gasteiger partial charge < -0.3 is 23.8 Å². The normalized spacial score (nSPS) is 11.6. The summed E-state index contributed by atoms with van der Waals surface area (Å²) in [7, 11) is 3.82. The van der Waals surface area contributed by atoms with E-state index in [1.54, 1.807) is 6.08 Å². The average molecular weight is 692 g/mol. The molecule has 0 spiro atoms. The summed E-state index contributed by atoms with van der Waals surface area (Å²) in [5.41, 5.74) is 0. The summed E-state index contributed by atoms with van der Waals surface area (Å²) in [6, 6.07) is 0. The first-order valence-corrected chi connectivity index (χ1v) is 19.7. The van der Waals surface area contributed by atoms with Gasteiger partial charge in [0.25, 0.3) is 0 Å². The zero-order chi connectivity index (χ0) is 36.0. The average Bonchev–Trinajstić information content (AvgIpc) is 3.07. The molecule has 0 heterocycles. The Labute approximate surface area is 300 Å². The second-order valence-electron chi connectivity index (χ2n) is 13.3. The van der Waals surface area contributed by atoms with E-state index < -0.39 is 6.16 Å². The highest BCUT2D eigenvalue weighted by atomic mass is 16.7. The minimum absolute atomic E-state index is 0.126. The van der Waals surface area contributed by atoms with Crippen molar-refractivity contribution in [3.8, 4) is 0 Å². The number of nitrogens with zero attached hydrogens (tertiary/aromatic N) is 1. The van der Waals surface area contributed by atoms with Crippen molar-refractivity contribution in [1.29, 1.82) is 0 Å². The Morgan fingerprint density at radius 2 is 0.939 bits per heavy atom. The largest absolute Gasteiger partial charge is 0.508 e. The first-order valence-electron chi connectivity index (χ1n) is 19.7. The van der Waals surface area contributed by atoms with Crippen LogP contribution in [0.5, 0.6) is 0 Å². The molecule has 0 aromatic carbocycles. The van der Waals surface area contributed by atoms with Gasteiger partial charge in [0.15, 0.2) is 0 Å². The molecule has 0 unspecified atom stereocenters. The predicted octanol–water partition coefficient (Wildman–Crippen LogP) is 11.2. The van der Waals surface area contributed by atoms with Gasteiger partial charge in [-0.25, -0.2) is 4.79 Å². The Morgan fingerprint density at radius 3 is 1.41 bits per heavy atom. The first kappa shape index (κ1) is 46.2. The number of esters is 2. The minimum Gasteiger partial charge on any atom is -0.461 e. The van der Waals surface area contributed by atoms with Crippen molar-refractivity contribution in [2.75, 3.05) is 33.9 Å². The Kier molecular flexibility index (Phi) is 34.4. The topological polar surface area (TPSA) is 91.4 Å². The van der Waals surface area contributed by atoms with Crippen LogP contribution < -0.4 is 0 Å². The van der Waals surface area contributed by atoms with Gasteiger partial charge >= 0.3 is 18.1 Å².